The van der Waals surface area contributed by atoms with Gasteiger partial charge in [-0.1, -0.05) is 6.08 Å². The van der Waals surface area contributed by atoms with Crippen molar-refractivity contribution >= 4 is 0 Å². The van der Waals surface area contributed by atoms with E-state index in [2.05, 4.69) is 6.58 Å². The molecule has 0 aliphatic carbocycles. The Morgan fingerprint density at radius 2 is 1.75 bits per heavy atom. The molecule has 0 aliphatic heterocycles. The monoisotopic (exact) mass is 172 g/mol. The lowest BCUT2D eigenvalue weighted by atomic mass is 10.4. The smallest absolute Gasteiger partial charge is 0.167 e. The molecule has 0 bridgehead atoms. The SMILES string of the molecule is C=CCCOC(N(C)C)N(C)C. The first kappa shape index (κ1) is 11.6. The fraction of sp³-hybridized carbons (Fsp3) is 0.778. The van der Waals surface area contributed by atoms with Gasteiger partial charge in [0.15, 0.2) is 6.35 Å². The van der Waals surface area contributed by atoms with Gasteiger partial charge in [-0.05, 0) is 34.6 Å². The van der Waals surface area contributed by atoms with E-state index < -0.39 is 0 Å². The van der Waals surface area contributed by atoms with Crippen LogP contribution in [0, 0.1) is 0 Å². The maximum atomic E-state index is 5.59. The Kier molecular flexibility index (Phi) is 5.98. The molecule has 72 valence electrons. The molecule has 0 fully saturated rings. The molecule has 3 heteroatoms. The van der Waals surface area contributed by atoms with Crippen LogP contribution < -0.4 is 0 Å². The van der Waals surface area contributed by atoms with Crippen molar-refractivity contribution in [1.29, 1.82) is 0 Å². The zero-order valence-corrected chi connectivity index (χ0v) is 8.58. The minimum atomic E-state index is 0.0601. The second-order valence-electron chi connectivity index (χ2n) is 3.20. The van der Waals surface area contributed by atoms with Crippen LogP contribution in [0.2, 0.25) is 0 Å². The lowest BCUT2D eigenvalue weighted by molar-refractivity contribution is -0.116. The Morgan fingerprint density at radius 3 is 2.08 bits per heavy atom. The van der Waals surface area contributed by atoms with Gasteiger partial charge in [-0.3, -0.25) is 9.80 Å². The first-order valence-corrected chi connectivity index (χ1v) is 4.15. The molecule has 0 aromatic carbocycles. The Labute approximate surface area is 75.6 Å². The lowest BCUT2D eigenvalue weighted by Crippen LogP contribution is -2.42. The Bertz CT molecular complexity index is 116. The molecule has 0 N–H and O–H groups in total. The van der Waals surface area contributed by atoms with Crippen molar-refractivity contribution in [3.63, 3.8) is 0 Å². The van der Waals surface area contributed by atoms with E-state index in [-0.39, 0.29) is 6.35 Å². The van der Waals surface area contributed by atoms with E-state index in [4.69, 9.17) is 4.74 Å². The normalized spacial score (nSPS) is 11.6. The van der Waals surface area contributed by atoms with Gasteiger partial charge < -0.3 is 4.74 Å². The summed E-state index contributed by atoms with van der Waals surface area (Å²) in [4.78, 5) is 4.06. The standard InChI is InChI=1S/C9H20N2O/c1-6-7-8-12-9(10(2)3)11(4)5/h6,9H,1,7-8H2,2-5H3. The van der Waals surface area contributed by atoms with E-state index in [9.17, 15) is 0 Å². The second kappa shape index (κ2) is 6.17. The predicted octanol–water partition coefficient (Wildman–Crippen LogP) is 0.986. The van der Waals surface area contributed by atoms with E-state index >= 15 is 0 Å². The molecular formula is C9H20N2O. The maximum absolute atomic E-state index is 5.59. The Balaban J connectivity index is 3.71. The van der Waals surface area contributed by atoms with Gasteiger partial charge in [0.2, 0.25) is 0 Å². The molecule has 0 unspecified atom stereocenters. The highest BCUT2D eigenvalue weighted by molar-refractivity contribution is 4.65. The highest BCUT2D eigenvalue weighted by atomic mass is 16.5. The molecule has 0 aromatic rings. The number of rotatable bonds is 6. The number of ether oxygens (including phenoxy) is 1. The molecule has 0 amide bonds. The van der Waals surface area contributed by atoms with Crippen molar-refractivity contribution in [2.45, 2.75) is 12.8 Å². The van der Waals surface area contributed by atoms with Gasteiger partial charge in [-0.25, -0.2) is 0 Å². The molecule has 0 heterocycles. The third-order valence-electron chi connectivity index (χ3n) is 1.47. The summed E-state index contributed by atoms with van der Waals surface area (Å²) in [6.07, 6.45) is 2.82. The summed E-state index contributed by atoms with van der Waals surface area (Å²) in [6.45, 7) is 4.37. The van der Waals surface area contributed by atoms with Gasteiger partial charge in [-0.2, -0.15) is 0 Å². The van der Waals surface area contributed by atoms with E-state index in [0.717, 1.165) is 13.0 Å². The van der Waals surface area contributed by atoms with Crippen LogP contribution in [-0.4, -0.2) is 50.9 Å². The van der Waals surface area contributed by atoms with Gasteiger partial charge in [0.1, 0.15) is 0 Å². The second-order valence-corrected chi connectivity index (χ2v) is 3.20. The van der Waals surface area contributed by atoms with Crippen LogP contribution in [0.15, 0.2) is 12.7 Å². The van der Waals surface area contributed by atoms with Crippen LogP contribution in [0.1, 0.15) is 6.42 Å². The van der Waals surface area contributed by atoms with Crippen molar-refractivity contribution in [3.8, 4) is 0 Å². The molecule has 0 radical (unpaired) electrons. The van der Waals surface area contributed by atoms with E-state index in [0.29, 0.717) is 0 Å². The summed E-state index contributed by atoms with van der Waals surface area (Å²) in [5, 5.41) is 0. The molecule has 3 nitrogen and oxygen atoms in total. The van der Waals surface area contributed by atoms with Gasteiger partial charge >= 0.3 is 0 Å². The van der Waals surface area contributed by atoms with Crippen LogP contribution in [0.25, 0.3) is 0 Å². The van der Waals surface area contributed by atoms with E-state index in [1.807, 2.05) is 44.1 Å². The molecule has 0 saturated carbocycles. The lowest BCUT2D eigenvalue weighted by Gasteiger charge is -2.29. The average molecular weight is 172 g/mol. The van der Waals surface area contributed by atoms with Crippen molar-refractivity contribution < 1.29 is 4.74 Å². The van der Waals surface area contributed by atoms with Gasteiger partial charge in [0, 0.05) is 0 Å². The minimum absolute atomic E-state index is 0.0601. The van der Waals surface area contributed by atoms with Crippen molar-refractivity contribution in [2.24, 2.45) is 0 Å². The Morgan fingerprint density at radius 1 is 1.25 bits per heavy atom. The zero-order chi connectivity index (χ0) is 9.56. The molecule has 0 aromatic heterocycles. The van der Waals surface area contributed by atoms with Crippen molar-refractivity contribution in [1.82, 2.24) is 9.80 Å². The van der Waals surface area contributed by atoms with Crippen molar-refractivity contribution in [3.05, 3.63) is 12.7 Å². The number of hydrogen-bond acceptors (Lipinski definition) is 3. The minimum Gasteiger partial charge on any atom is -0.349 e. The third kappa shape index (κ3) is 4.49. The predicted molar refractivity (Wildman–Crippen MR) is 51.9 cm³/mol. The Hall–Kier alpha value is -0.380. The summed E-state index contributed by atoms with van der Waals surface area (Å²) in [7, 11) is 7.99. The molecule has 0 rings (SSSR count). The van der Waals surface area contributed by atoms with Crippen LogP contribution in [0.3, 0.4) is 0 Å². The molecule has 0 atom stereocenters. The fourth-order valence-electron chi connectivity index (χ4n) is 1.02. The van der Waals surface area contributed by atoms with E-state index in [1.165, 1.54) is 0 Å². The van der Waals surface area contributed by atoms with E-state index in [1.54, 1.807) is 0 Å². The van der Waals surface area contributed by atoms with Crippen LogP contribution in [0.5, 0.6) is 0 Å². The highest BCUT2D eigenvalue weighted by Gasteiger charge is 2.12. The first-order valence-electron chi connectivity index (χ1n) is 4.15. The van der Waals surface area contributed by atoms with Gasteiger partial charge in [0.05, 0.1) is 6.61 Å². The summed E-state index contributed by atoms with van der Waals surface area (Å²) in [5.41, 5.74) is 0. The summed E-state index contributed by atoms with van der Waals surface area (Å²) >= 11 is 0. The molecule has 0 saturated heterocycles. The molecule has 12 heavy (non-hydrogen) atoms. The van der Waals surface area contributed by atoms with Gasteiger partial charge in [0.25, 0.3) is 0 Å². The average Bonchev–Trinajstić information content (AvgIpc) is 1.96. The van der Waals surface area contributed by atoms with Crippen molar-refractivity contribution in [2.75, 3.05) is 34.8 Å². The van der Waals surface area contributed by atoms with Crippen LogP contribution >= 0.6 is 0 Å². The maximum Gasteiger partial charge on any atom is 0.167 e. The quantitative estimate of drug-likeness (QED) is 0.337. The number of hydrogen-bond donors (Lipinski definition) is 0. The van der Waals surface area contributed by atoms with Crippen LogP contribution in [-0.2, 0) is 4.74 Å². The molecule has 0 spiro atoms. The third-order valence-corrected chi connectivity index (χ3v) is 1.47. The molecule has 0 aliphatic rings. The summed E-state index contributed by atoms with van der Waals surface area (Å²) in [5.74, 6) is 0. The topological polar surface area (TPSA) is 15.7 Å². The number of nitrogens with zero attached hydrogens (tertiary/aromatic N) is 2. The zero-order valence-electron chi connectivity index (χ0n) is 8.58. The fourth-order valence-corrected chi connectivity index (χ4v) is 1.02. The van der Waals surface area contributed by atoms with Crippen LogP contribution in [0.4, 0.5) is 0 Å². The summed E-state index contributed by atoms with van der Waals surface area (Å²) in [6, 6.07) is 0. The first-order chi connectivity index (χ1) is 5.59. The highest BCUT2D eigenvalue weighted by Crippen LogP contribution is 1.99. The molecular weight excluding hydrogens is 152 g/mol. The van der Waals surface area contributed by atoms with Gasteiger partial charge in [-0.15, -0.1) is 6.58 Å². The summed E-state index contributed by atoms with van der Waals surface area (Å²) < 4.78 is 5.59. The largest absolute Gasteiger partial charge is 0.349 e.